The number of nitrogens with one attached hydrogen (secondary N) is 1. The smallest absolute Gasteiger partial charge is 0.252 e. The van der Waals surface area contributed by atoms with Crippen molar-refractivity contribution in [2.45, 2.75) is 29.9 Å². The Morgan fingerprint density at radius 3 is 2.69 bits per heavy atom. The van der Waals surface area contributed by atoms with Gasteiger partial charge in [0.1, 0.15) is 4.21 Å². The van der Waals surface area contributed by atoms with Crippen LogP contribution in [0.1, 0.15) is 29.7 Å². The fourth-order valence-corrected chi connectivity index (χ4v) is 5.88. The molecule has 0 saturated carbocycles. The van der Waals surface area contributed by atoms with Crippen LogP contribution in [0, 0.1) is 11.3 Å². The molecule has 2 heterocycles. The van der Waals surface area contributed by atoms with E-state index in [1.54, 1.807) is 36.4 Å². The number of nitriles is 1. The molecule has 0 bridgehead atoms. The first kappa shape index (κ1) is 18.6. The number of carbonyl (C=O) groups excluding carboxylic acids is 1. The molecule has 0 spiro atoms. The highest BCUT2D eigenvalue weighted by atomic mass is 32.2. The first-order valence-electron chi connectivity index (χ1n) is 8.38. The number of nitrogens with zero attached hydrogens (tertiary/aromatic N) is 2. The second-order valence-corrected chi connectivity index (χ2v) is 9.44. The van der Waals surface area contributed by atoms with Crippen LogP contribution in [0.25, 0.3) is 0 Å². The molecular weight excluding hydrogens is 370 g/mol. The molecule has 1 saturated heterocycles. The van der Waals surface area contributed by atoms with Gasteiger partial charge in [0, 0.05) is 23.7 Å². The van der Waals surface area contributed by atoms with Gasteiger partial charge in [0.15, 0.2) is 0 Å². The van der Waals surface area contributed by atoms with Crippen LogP contribution in [0.5, 0.6) is 0 Å². The lowest BCUT2D eigenvalue weighted by molar-refractivity contribution is -0.115. The molecule has 2 aromatic rings. The summed E-state index contributed by atoms with van der Waals surface area (Å²) < 4.78 is 27.1. The molecule has 1 fully saturated rings. The van der Waals surface area contributed by atoms with Crippen LogP contribution in [0.2, 0.25) is 0 Å². The second-order valence-electron chi connectivity index (χ2n) is 6.10. The minimum absolute atomic E-state index is 0.0942. The van der Waals surface area contributed by atoms with Crippen LogP contribution < -0.4 is 5.32 Å². The van der Waals surface area contributed by atoms with Gasteiger partial charge in [0.05, 0.1) is 18.1 Å². The minimum Gasteiger partial charge on any atom is -0.326 e. The largest absolute Gasteiger partial charge is 0.326 e. The zero-order valence-corrected chi connectivity index (χ0v) is 15.8. The van der Waals surface area contributed by atoms with Gasteiger partial charge in [0.25, 0.3) is 10.0 Å². The number of amides is 1. The third-order valence-corrected chi connectivity index (χ3v) is 7.61. The van der Waals surface area contributed by atoms with E-state index in [9.17, 15) is 13.2 Å². The number of hydrogen-bond donors (Lipinski definition) is 1. The monoisotopic (exact) mass is 389 g/mol. The van der Waals surface area contributed by atoms with E-state index in [4.69, 9.17) is 5.26 Å². The third-order valence-electron chi connectivity index (χ3n) is 4.16. The van der Waals surface area contributed by atoms with Crippen LogP contribution in [0.15, 0.2) is 40.6 Å². The van der Waals surface area contributed by atoms with Gasteiger partial charge in [-0.25, -0.2) is 8.42 Å². The van der Waals surface area contributed by atoms with E-state index in [0.717, 1.165) is 30.6 Å². The lowest BCUT2D eigenvalue weighted by Gasteiger charge is -2.25. The molecule has 3 rings (SSSR count). The standard InChI is InChI=1S/C18H19N3O3S2/c19-13-14-5-4-6-15(11-14)20-17(22)12-16-7-8-18(25-16)26(23,24)21-9-2-1-3-10-21/h4-8,11H,1-3,9-10,12H2,(H,20,22). The van der Waals surface area contributed by atoms with Crippen molar-refractivity contribution in [3.63, 3.8) is 0 Å². The van der Waals surface area contributed by atoms with Crippen molar-refractivity contribution in [2.24, 2.45) is 0 Å². The first-order chi connectivity index (χ1) is 12.5. The van der Waals surface area contributed by atoms with E-state index in [1.165, 1.54) is 4.31 Å². The Morgan fingerprint density at radius 1 is 1.19 bits per heavy atom. The third kappa shape index (κ3) is 4.30. The number of piperidine rings is 1. The topological polar surface area (TPSA) is 90.3 Å². The van der Waals surface area contributed by atoms with Gasteiger partial charge in [0.2, 0.25) is 5.91 Å². The van der Waals surface area contributed by atoms with Crippen LogP contribution in [-0.4, -0.2) is 31.7 Å². The maximum Gasteiger partial charge on any atom is 0.252 e. The van der Waals surface area contributed by atoms with Gasteiger partial charge >= 0.3 is 0 Å². The van der Waals surface area contributed by atoms with E-state index in [1.807, 2.05) is 6.07 Å². The van der Waals surface area contributed by atoms with Crippen LogP contribution in [-0.2, 0) is 21.2 Å². The first-order valence-corrected chi connectivity index (χ1v) is 10.6. The summed E-state index contributed by atoms with van der Waals surface area (Å²) in [5.41, 5.74) is 1.01. The van der Waals surface area contributed by atoms with Crippen LogP contribution in [0.3, 0.4) is 0 Å². The van der Waals surface area contributed by atoms with E-state index in [-0.39, 0.29) is 16.5 Å². The number of anilines is 1. The summed E-state index contributed by atoms with van der Waals surface area (Å²) in [5.74, 6) is -0.246. The summed E-state index contributed by atoms with van der Waals surface area (Å²) >= 11 is 1.14. The lowest BCUT2D eigenvalue weighted by Crippen LogP contribution is -2.35. The summed E-state index contributed by atoms with van der Waals surface area (Å²) in [6, 6.07) is 11.9. The van der Waals surface area contributed by atoms with Gasteiger partial charge in [-0.15, -0.1) is 11.3 Å². The van der Waals surface area contributed by atoms with Crippen molar-refractivity contribution >= 4 is 33.0 Å². The highest BCUT2D eigenvalue weighted by molar-refractivity contribution is 7.91. The summed E-state index contributed by atoms with van der Waals surface area (Å²) in [4.78, 5) is 12.9. The molecule has 1 aliphatic rings. The molecule has 6 nitrogen and oxygen atoms in total. The zero-order valence-electron chi connectivity index (χ0n) is 14.1. The van der Waals surface area contributed by atoms with Crippen molar-refractivity contribution in [1.82, 2.24) is 4.31 Å². The van der Waals surface area contributed by atoms with Gasteiger partial charge in [-0.3, -0.25) is 4.79 Å². The Kier molecular flexibility index (Phi) is 5.71. The van der Waals surface area contributed by atoms with Crippen molar-refractivity contribution in [3.8, 4) is 6.07 Å². The average molecular weight is 390 g/mol. The Bertz CT molecular complexity index is 939. The molecule has 1 amide bonds. The molecule has 0 aliphatic carbocycles. The van der Waals surface area contributed by atoms with E-state index in [0.29, 0.717) is 29.2 Å². The maximum atomic E-state index is 12.7. The van der Waals surface area contributed by atoms with Crippen molar-refractivity contribution in [1.29, 1.82) is 5.26 Å². The molecule has 136 valence electrons. The highest BCUT2D eigenvalue weighted by Gasteiger charge is 2.27. The molecule has 1 aromatic heterocycles. The molecule has 26 heavy (non-hydrogen) atoms. The fourth-order valence-electron chi connectivity index (χ4n) is 2.85. The SMILES string of the molecule is N#Cc1cccc(NC(=O)Cc2ccc(S(=O)(=O)N3CCCCC3)s2)c1. The minimum atomic E-state index is -3.46. The quantitative estimate of drug-likeness (QED) is 0.851. The predicted octanol–water partition coefficient (Wildman–Crippen LogP) is 2.98. The Balaban J connectivity index is 1.66. The number of rotatable bonds is 5. The van der Waals surface area contributed by atoms with Crippen molar-refractivity contribution in [2.75, 3.05) is 18.4 Å². The molecule has 0 unspecified atom stereocenters. The van der Waals surface area contributed by atoms with E-state index in [2.05, 4.69) is 5.32 Å². The van der Waals surface area contributed by atoms with Gasteiger partial charge in [-0.05, 0) is 43.2 Å². The molecule has 0 radical (unpaired) electrons. The Morgan fingerprint density at radius 2 is 1.96 bits per heavy atom. The molecule has 1 N–H and O–H groups in total. The number of thiophene rings is 1. The fraction of sp³-hybridized carbons (Fsp3) is 0.333. The van der Waals surface area contributed by atoms with Crippen molar-refractivity contribution < 1.29 is 13.2 Å². The van der Waals surface area contributed by atoms with Crippen LogP contribution >= 0.6 is 11.3 Å². The zero-order chi connectivity index (χ0) is 18.6. The van der Waals surface area contributed by atoms with Gasteiger partial charge < -0.3 is 5.32 Å². The maximum absolute atomic E-state index is 12.7. The van der Waals surface area contributed by atoms with E-state index >= 15 is 0 Å². The Labute approximate surface area is 157 Å². The molecule has 1 aromatic carbocycles. The normalized spacial score (nSPS) is 15.3. The number of carbonyl (C=O) groups is 1. The molecular formula is C18H19N3O3S2. The molecule has 0 atom stereocenters. The molecule has 8 heteroatoms. The van der Waals surface area contributed by atoms with Crippen molar-refractivity contribution in [3.05, 3.63) is 46.8 Å². The highest BCUT2D eigenvalue weighted by Crippen LogP contribution is 2.27. The molecule has 1 aliphatic heterocycles. The number of sulfonamides is 1. The van der Waals surface area contributed by atoms with Gasteiger partial charge in [-0.2, -0.15) is 9.57 Å². The summed E-state index contributed by atoms with van der Waals surface area (Å²) in [5, 5.41) is 11.6. The van der Waals surface area contributed by atoms with E-state index < -0.39 is 10.0 Å². The predicted molar refractivity (Wildman–Crippen MR) is 100 cm³/mol. The Hall–Kier alpha value is -2.21. The number of benzene rings is 1. The van der Waals surface area contributed by atoms with Crippen LogP contribution in [0.4, 0.5) is 5.69 Å². The second kappa shape index (κ2) is 7.99. The summed E-state index contributed by atoms with van der Waals surface area (Å²) in [6.07, 6.45) is 2.94. The summed E-state index contributed by atoms with van der Waals surface area (Å²) in [6.45, 7) is 1.12. The number of hydrogen-bond acceptors (Lipinski definition) is 5. The van der Waals surface area contributed by atoms with Gasteiger partial charge in [-0.1, -0.05) is 12.5 Å². The average Bonchev–Trinajstić information content (AvgIpc) is 3.11. The lowest BCUT2D eigenvalue weighted by atomic mass is 10.2. The summed E-state index contributed by atoms with van der Waals surface area (Å²) in [7, 11) is -3.46.